The molecule has 168 valence electrons. The molecule has 0 bridgehead atoms. The molecule has 7 heteroatoms. The predicted molar refractivity (Wildman–Crippen MR) is 124 cm³/mol. The number of likely N-dealkylation sites (N-methyl/N-ethyl adjacent to an activating group) is 1. The van der Waals surface area contributed by atoms with Crippen LogP contribution in [0.15, 0.2) is 72.8 Å². The van der Waals surface area contributed by atoms with Gasteiger partial charge in [-0.05, 0) is 21.5 Å². The van der Waals surface area contributed by atoms with Gasteiger partial charge in [-0.3, -0.25) is 0 Å². The van der Waals surface area contributed by atoms with Gasteiger partial charge in [-0.1, -0.05) is 81.4 Å². The van der Waals surface area contributed by atoms with E-state index in [2.05, 4.69) is 45.0 Å². The molecule has 1 amide bonds. The molecule has 2 aliphatic rings. The van der Waals surface area contributed by atoms with Crippen molar-refractivity contribution in [3.8, 4) is 0 Å². The first-order valence-corrected chi connectivity index (χ1v) is 12.7. The molecule has 1 saturated heterocycles. The number of hydrogen-bond donors (Lipinski definition) is 0. The van der Waals surface area contributed by atoms with Crippen LogP contribution in [0, 0.1) is 0 Å². The number of amides is 1. The van der Waals surface area contributed by atoms with Gasteiger partial charge in [0.1, 0.15) is 18.2 Å². The second kappa shape index (κ2) is 8.56. The van der Waals surface area contributed by atoms with Gasteiger partial charge in [-0.15, -0.1) is 0 Å². The largest absolute Gasteiger partial charge is 0.453 e. The summed E-state index contributed by atoms with van der Waals surface area (Å²) in [6.45, 7) is 6.80. The summed E-state index contributed by atoms with van der Waals surface area (Å²) in [5, 5.41) is 2.11. The predicted octanol–water partition coefficient (Wildman–Crippen LogP) is 2.86. The molecule has 4 rings (SSSR count). The molecule has 32 heavy (non-hydrogen) atoms. The van der Waals surface area contributed by atoms with Crippen molar-refractivity contribution in [2.45, 2.75) is 44.1 Å². The summed E-state index contributed by atoms with van der Waals surface area (Å²) >= 11 is 0. The first kappa shape index (κ1) is 22.3. The number of carbonyl (C=O) groups is 2. The topological polar surface area (TPSA) is 65.1 Å². The number of benzene rings is 2. The van der Waals surface area contributed by atoms with Crippen LogP contribution in [0.4, 0.5) is 4.79 Å². The second-order valence-corrected chi connectivity index (χ2v) is 13.6. The van der Waals surface area contributed by atoms with Crippen LogP contribution >= 0.6 is 0 Å². The summed E-state index contributed by atoms with van der Waals surface area (Å²) in [7, 11) is -1.12. The lowest BCUT2D eigenvalue weighted by molar-refractivity contribution is -0.141. The first-order chi connectivity index (χ1) is 15.2. The lowest BCUT2D eigenvalue weighted by Crippen LogP contribution is -2.67. The first-order valence-electron chi connectivity index (χ1n) is 10.8. The van der Waals surface area contributed by atoms with Crippen LogP contribution in [-0.4, -0.2) is 57.2 Å². The Balaban J connectivity index is 1.71. The minimum absolute atomic E-state index is 0.195. The van der Waals surface area contributed by atoms with Gasteiger partial charge in [0, 0.05) is 13.1 Å². The van der Waals surface area contributed by atoms with E-state index in [1.807, 2.05) is 36.4 Å². The normalized spacial score (nSPS) is 23.4. The summed E-state index contributed by atoms with van der Waals surface area (Å²) in [6.07, 6.45) is 1.52. The summed E-state index contributed by atoms with van der Waals surface area (Å²) in [6, 6.07) is 20.2. The van der Waals surface area contributed by atoms with Gasteiger partial charge >= 0.3 is 12.1 Å². The third-order valence-electron chi connectivity index (χ3n) is 6.26. The molecule has 2 aromatic carbocycles. The number of carbonyl (C=O) groups excluding carboxylic acids is 2. The Hall–Kier alpha value is -2.90. The fraction of sp³-hybridized carbons (Fsp3) is 0.360. The highest BCUT2D eigenvalue weighted by atomic mass is 28.4. The average molecular weight is 452 g/mol. The van der Waals surface area contributed by atoms with Crippen LogP contribution in [0.1, 0.15) is 20.8 Å². The second-order valence-electron chi connectivity index (χ2n) is 9.26. The van der Waals surface area contributed by atoms with Gasteiger partial charge in [0.05, 0.1) is 6.61 Å². The van der Waals surface area contributed by atoms with E-state index in [9.17, 15) is 9.59 Å². The minimum atomic E-state index is -2.78. The van der Waals surface area contributed by atoms with Gasteiger partial charge in [0.2, 0.25) is 0 Å². The third-order valence-corrected chi connectivity index (χ3v) is 11.3. The van der Waals surface area contributed by atoms with E-state index >= 15 is 0 Å². The molecule has 2 heterocycles. The van der Waals surface area contributed by atoms with Crippen LogP contribution in [0.5, 0.6) is 0 Å². The van der Waals surface area contributed by atoms with Gasteiger partial charge in [0.25, 0.3) is 8.32 Å². The number of ether oxygens (including phenoxy) is 2. The molecule has 2 aromatic rings. The SMILES string of the molecule is CN1C(=O)O[C@H](CO[Si](c2ccccc2)(c2ccccc2)C(C)(C)C)[C@@H]1[C@@H]1C=CC(=O)O1. The number of cyclic esters (lactones) is 2. The van der Waals surface area contributed by atoms with E-state index < -0.39 is 38.6 Å². The smallest absolute Gasteiger partial charge is 0.410 e. The maximum Gasteiger partial charge on any atom is 0.410 e. The molecule has 0 saturated carbocycles. The van der Waals surface area contributed by atoms with Crippen molar-refractivity contribution >= 4 is 30.8 Å². The summed E-state index contributed by atoms with van der Waals surface area (Å²) in [5.41, 5.74) is 0. The monoisotopic (exact) mass is 451 g/mol. The Morgan fingerprint density at radius 3 is 1.97 bits per heavy atom. The number of hydrogen-bond acceptors (Lipinski definition) is 5. The van der Waals surface area contributed by atoms with E-state index in [0.717, 1.165) is 10.4 Å². The Labute approximate surface area is 189 Å². The zero-order chi connectivity index (χ0) is 22.9. The summed E-state index contributed by atoms with van der Waals surface area (Å²) in [5.74, 6) is -0.408. The number of esters is 1. The van der Waals surface area contributed by atoms with Crippen molar-refractivity contribution in [2.24, 2.45) is 0 Å². The number of rotatable bonds is 6. The van der Waals surface area contributed by atoms with Crippen molar-refractivity contribution < 1.29 is 23.5 Å². The van der Waals surface area contributed by atoms with Crippen molar-refractivity contribution in [2.75, 3.05) is 13.7 Å². The summed E-state index contributed by atoms with van der Waals surface area (Å²) in [4.78, 5) is 25.5. The molecular formula is C25H29NO5Si. The highest BCUT2D eigenvalue weighted by molar-refractivity contribution is 6.99. The van der Waals surface area contributed by atoms with Crippen molar-refractivity contribution in [3.63, 3.8) is 0 Å². The molecule has 2 aliphatic heterocycles. The minimum Gasteiger partial charge on any atom is -0.453 e. The Morgan fingerprint density at radius 1 is 0.938 bits per heavy atom. The van der Waals surface area contributed by atoms with Crippen molar-refractivity contribution in [3.05, 3.63) is 72.8 Å². The van der Waals surface area contributed by atoms with Gasteiger partial charge in [-0.25, -0.2) is 9.59 Å². The van der Waals surface area contributed by atoms with Gasteiger partial charge in [-0.2, -0.15) is 0 Å². The van der Waals surface area contributed by atoms with E-state index in [0.29, 0.717) is 0 Å². The Bertz CT molecular complexity index is 962. The highest BCUT2D eigenvalue weighted by Crippen LogP contribution is 2.37. The molecular weight excluding hydrogens is 422 g/mol. The molecule has 1 fully saturated rings. The zero-order valence-electron chi connectivity index (χ0n) is 18.9. The van der Waals surface area contributed by atoms with Crippen LogP contribution < -0.4 is 10.4 Å². The Morgan fingerprint density at radius 2 is 1.50 bits per heavy atom. The molecule has 0 spiro atoms. The average Bonchev–Trinajstić information content (AvgIpc) is 3.31. The van der Waals surface area contributed by atoms with E-state index in [4.69, 9.17) is 13.9 Å². The molecule has 0 N–H and O–H groups in total. The van der Waals surface area contributed by atoms with Gasteiger partial charge in [0.15, 0.2) is 0 Å². The third kappa shape index (κ3) is 3.87. The highest BCUT2D eigenvalue weighted by Gasteiger charge is 2.53. The molecule has 0 aliphatic carbocycles. The van der Waals surface area contributed by atoms with Crippen molar-refractivity contribution in [1.29, 1.82) is 0 Å². The fourth-order valence-corrected chi connectivity index (χ4v) is 9.33. The van der Waals surface area contributed by atoms with E-state index in [-0.39, 0.29) is 11.6 Å². The van der Waals surface area contributed by atoms with Crippen LogP contribution in [-0.2, 0) is 18.7 Å². The summed E-state index contributed by atoms with van der Waals surface area (Å²) < 4.78 is 18.0. The molecule has 3 atom stereocenters. The maximum atomic E-state index is 12.4. The lowest BCUT2D eigenvalue weighted by atomic mass is 10.1. The number of nitrogens with zero attached hydrogens (tertiary/aromatic N) is 1. The fourth-order valence-electron chi connectivity index (χ4n) is 4.76. The lowest BCUT2D eigenvalue weighted by Gasteiger charge is -2.43. The van der Waals surface area contributed by atoms with Crippen LogP contribution in [0.2, 0.25) is 5.04 Å². The molecule has 0 unspecified atom stereocenters. The molecule has 6 nitrogen and oxygen atoms in total. The van der Waals surface area contributed by atoms with Crippen LogP contribution in [0.25, 0.3) is 0 Å². The zero-order valence-corrected chi connectivity index (χ0v) is 19.9. The maximum absolute atomic E-state index is 12.4. The molecule has 0 radical (unpaired) electrons. The van der Waals surface area contributed by atoms with Gasteiger partial charge < -0.3 is 18.8 Å². The standard InChI is InChI=1S/C25H29NO5Si/c1-25(2,3)32(18-11-7-5-8-12-18,19-13-9-6-10-14-19)29-17-21-23(26(4)24(28)31-21)20-15-16-22(27)30-20/h5-16,20-21,23H,17H2,1-4H3/t20-,21+,23-/m0/s1. The van der Waals surface area contributed by atoms with E-state index in [1.54, 1.807) is 13.1 Å². The van der Waals surface area contributed by atoms with E-state index in [1.165, 1.54) is 11.0 Å². The quantitative estimate of drug-likeness (QED) is 0.499. The molecule has 0 aromatic heterocycles. The van der Waals surface area contributed by atoms with Crippen LogP contribution in [0.3, 0.4) is 0 Å². The Kier molecular flexibility index (Phi) is 5.96. The van der Waals surface area contributed by atoms with Crippen molar-refractivity contribution in [1.82, 2.24) is 4.90 Å².